The second-order valence-corrected chi connectivity index (χ2v) is 5.15. The lowest BCUT2D eigenvalue weighted by atomic mass is 10.5. The van der Waals surface area contributed by atoms with Gasteiger partial charge in [-0.2, -0.15) is 0 Å². The van der Waals surface area contributed by atoms with Gasteiger partial charge in [-0.15, -0.1) is 11.8 Å². The molecule has 7 heteroatoms. The zero-order valence-electron chi connectivity index (χ0n) is 9.19. The highest BCUT2D eigenvalue weighted by Gasteiger charge is 2.05. The van der Waals surface area contributed by atoms with Gasteiger partial charge in [-0.05, 0) is 18.7 Å². The van der Waals surface area contributed by atoms with Crippen molar-refractivity contribution in [2.75, 3.05) is 11.5 Å². The number of amides is 1. The van der Waals surface area contributed by atoms with Gasteiger partial charge in [0.1, 0.15) is 5.03 Å². The molecule has 1 aromatic rings. The molecule has 1 heterocycles. The molecule has 0 radical (unpaired) electrons. The SMILES string of the molecule is CCSc1cc(C)nc(SCC(=O)NN)n1. The first-order valence-electron chi connectivity index (χ1n) is 4.76. The summed E-state index contributed by atoms with van der Waals surface area (Å²) in [6.45, 7) is 3.98. The quantitative estimate of drug-likeness (QED) is 0.205. The molecule has 16 heavy (non-hydrogen) atoms. The Morgan fingerprint density at radius 3 is 2.88 bits per heavy atom. The molecule has 3 N–H and O–H groups in total. The fraction of sp³-hybridized carbons (Fsp3) is 0.444. The van der Waals surface area contributed by atoms with Crippen molar-refractivity contribution in [3.63, 3.8) is 0 Å². The van der Waals surface area contributed by atoms with E-state index < -0.39 is 0 Å². The Bertz CT molecular complexity index is 373. The number of hydrazine groups is 1. The van der Waals surface area contributed by atoms with Crippen LogP contribution in [0.5, 0.6) is 0 Å². The van der Waals surface area contributed by atoms with Gasteiger partial charge in [-0.1, -0.05) is 18.7 Å². The predicted molar refractivity (Wildman–Crippen MR) is 66.2 cm³/mol. The minimum absolute atomic E-state index is 0.232. The molecule has 0 unspecified atom stereocenters. The van der Waals surface area contributed by atoms with Crippen molar-refractivity contribution in [1.29, 1.82) is 0 Å². The van der Waals surface area contributed by atoms with Crippen LogP contribution < -0.4 is 11.3 Å². The van der Waals surface area contributed by atoms with E-state index in [-0.39, 0.29) is 11.7 Å². The first-order chi connectivity index (χ1) is 7.65. The number of carbonyl (C=O) groups is 1. The Kier molecular flexibility index (Phi) is 5.58. The highest BCUT2D eigenvalue weighted by Crippen LogP contribution is 2.20. The number of nitrogens with two attached hydrogens (primary N) is 1. The van der Waals surface area contributed by atoms with Crippen LogP contribution in [-0.4, -0.2) is 27.4 Å². The van der Waals surface area contributed by atoms with Crippen molar-refractivity contribution in [3.8, 4) is 0 Å². The Morgan fingerprint density at radius 1 is 1.50 bits per heavy atom. The van der Waals surface area contributed by atoms with Gasteiger partial charge in [-0.25, -0.2) is 15.8 Å². The zero-order valence-corrected chi connectivity index (χ0v) is 10.8. The first kappa shape index (κ1) is 13.3. The maximum atomic E-state index is 11.0. The fourth-order valence-electron chi connectivity index (χ4n) is 0.972. The van der Waals surface area contributed by atoms with Crippen molar-refractivity contribution >= 4 is 29.4 Å². The van der Waals surface area contributed by atoms with Gasteiger partial charge in [0, 0.05) is 5.69 Å². The van der Waals surface area contributed by atoms with E-state index in [2.05, 4.69) is 22.3 Å². The van der Waals surface area contributed by atoms with E-state index in [4.69, 9.17) is 5.84 Å². The average Bonchev–Trinajstić information content (AvgIpc) is 2.25. The van der Waals surface area contributed by atoms with Crippen LogP contribution in [0.4, 0.5) is 0 Å². The smallest absolute Gasteiger partial charge is 0.244 e. The summed E-state index contributed by atoms with van der Waals surface area (Å²) in [5.41, 5.74) is 2.97. The summed E-state index contributed by atoms with van der Waals surface area (Å²) in [5.74, 6) is 5.94. The maximum absolute atomic E-state index is 11.0. The summed E-state index contributed by atoms with van der Waals surface area (Å²) in [5, 5.41) is 1.55. The van der Waals surface area contributed by atoms with Gasteiger partial charge in [0.25, 0.3) is 0 Å². The number of nitrogens with one attached hydrogen (secondary N) is 1. The van der Waals surface area contributed by atoms with E-state index in [1.165, 1.54) is 11.8 Å². The van der Waals surface area contributed by atoms with Gasteiger partial charge >= 0.3 is 0 Å². The molecule has 5 nitrogen and oxygen atoms in total. The van der Waals surface area contributed by atoms with E-state index in [0.29, 0.717) is 5.16 Å². The van der Waals surface area contributed by atoms with Crippen molar-refractivity contribution in [2.24, 2.45) is 5.84 Å². The minimum atomic E-state index is -0.236. The van der Waals surface area contributed by atoms with Crippen LogP contribution in [0, 0.1) is 6.92 Å². The average molecular weight is 258 g/mol. The van der Waals surface area contributed by atoms with Crippen molar-refractivity contribution in [1.82, 2.24) is 15.4 Å². The predicted octanol–water partition coefficient (Wildman–Crippen LogP) is 0.979. The summed E-state index contributed by atoms with van der Waals surface area (Å²) < 4.78 is 0. The van der Waals surface area contributed by atoms with Crippen LogP contribution in [0.25, 0.3) is 0 Å². The summed E-state index contributed by atoms with van der Waals surface area (Å²) in [7, 11) is 0. The molecule has 0 saturated carbocycles. The number of hydrogen-bond donors (Lipinski definition) is 2. The topological polar surface area (TPSA) is 80.9 Å². The molecule has 0 aliphatic rings. The number of rotatable bonds is 5. The summed E-state index contributed by atoms with van der Waals surface area (Å²) in [4.78, 5) is 19.5. The molecule has 1 amide bonds. The lowest BCUT2D eigenvalue weighted by Crippen LogP contribution is -2.31. The van der Waals surface area contributed by atoms with Gasteiger partial charge in [0.15, 0.2) is 5.16 Å². The Hall–Kier alpha value is -0.790. The maximum Gasteiger partial charge on any atom is 0.244 e. The van der Waals surface area contributed by atoms with Crippen molar-refractivity contribution < 1.29 is 4.79 Å². The fourth-order valence-corrected chi connectivity index (χ4v) is 2.44. The Morgan fingerprint density at radius 2 is 2.25 bits per heavy atom. The number of aromatic nitrogens is 2. The van der Waals surface area contributed by atoms with Crippen molar-refractivity contribution in [2.45, 2.75) is 24.0 Å². The number of aryl methyl sites for hydroxylation is 1. The van der Waals surface area contributed by atoms with Crippen LogP contribution in [-0.2, 0) is 4.79 Å². The third-order valence-electron chi connectivity index (χ3n) is 1.60. The highest BCUT2D eigenvalue weighted by molar-refractivity contribution is 8.00. The number of carbonyl (C=O) groups excluding carboxylic acids is 1. The van der Waals surface area contributed by atoms with Crippen LogP contribution >= 0.6 is 23.5 Å². The molecular formula is C9H14N4OS2. The highest BCUT2D eigenvalue weighted by atomic mass is 32.2. The summed E-state index contributed by atoms with van der Waals surface area (Å²) in [6.07, 6.45) is 0. The van der Waals surface area contributed by atoms with Crippen LogP contribution in [0.1, 0.15) is 12.6 Å². The molecule has 0 aromatic carbocycles. The van der Waals surface area contributed by atoms with E-state index in [1.807, 2.05) is 13.0 Å². The first-order valence-corrected chi connectivity index (χ1v) is 6.73. The molecule has 0 aliphatic heterocycles. The molecule has 1 aromatic heterocycles. The Labute approximate surface area is 103 Å². The van der Waals surface area contributed by atoms with Crippen LogP contribution in [0.15, 0.2) is 16.2 Å². The number of thioether (sulfide) groups is 2. The summed E-state index contributed by atoms with van der Waals surface area (Å²) in [6, 6.07) is 1.93. The molecule has 0 spiro atoms. The van der Waals surface area contributed by atoms with Gasteiger partial charge < -0.3 is 0 Å². The Balaban J connectivity index is 2.68. The summed E-state index contributed by atoms with van der Waals surface area (Å²) >= 11 is 2.93. The lowest BCUT2D eigenvalue weighted by Gasteiger charge is -2.03. The molecule has 0 atom stereocenters. The van der Waals surface area contributed by atoms with E-state index in [9.17, 15) is 4.79 Å². The monoisotopic (exact) mass is 258 g/mol. The molecule has 0 fully saturated rings. The van der Waals surface area contributed by atoms with E-state index in [0.717, 1.165) is 16.5 Å². The number of hydrogen-bond acceptors (Lipinski definition) is 6. The normalized spacial score (nSPS) is 10.2. The molecular weight excluding hydrogens is 244 g/mol. The van der Waals surface area contributed by atoms with E-state index in [1.54, 1.807) is 11.8 Å². The largest absolute Gasteiger partial charge is 0.294 e. The minimum Gasteiger partial charge on any atom is -0.294 e. The third kappa shape index (κ3) is 4.38. The number of nitrogens with zero attached hydrogens (tertiary/aromatic N) is 2. The van der Waals surface area contributed by atoms with E-state index >= 15 is 0 Å². The molecule has 1 rings (SSSR count). The van der Waals surface area contributed by atoms with Gasteiger partial charge in [-0.3, -0.25) is 10.2 Å². The molecule has 0 aliphatic carbocycles. The standard InChI is InChI=1S/C9H14N4OS2/c1-3-15-8-4-6(2)11-9(12-8)16-5-7(14)13-10/h4H,3,5,10H2,1-2H3,(H,13,14). The molecule has 88 valence electrons. The third-order valence-corrected chi connectivity index (χ3v) is 3.24. The molecule has 0 saturated heterocycles. The van der Waals surface area contributed by atoms with Crippen LogP contribution in [0.2, 0.25) is 0 Å². The van der Waals surface area contributed by atoms with Gasteiger partial charge in [0.2, 0.25) is 5.91 Å². The van der Waals surface area contributed by atoms with Crippen LogP contribution in [0.3, 0.4) is 0 Å². The second kappa shape index (κ2) is 6.72. The zero-order chi connectivity index (χ0) is 12.0. The second-order valence-electron chi connectivity index (χ2n) is 2.92. The lowest BCUT2D eigenvalue weighted by molar-refractivity contribution is -0.118. The van der Waals surface area contributed by atoms with Gasteiger partial charge in [0.05, 0.1) is 5.75 Å². The molecule has 0 bridgehead atoms. The van der Waals surface area contributed by atoms with Crippen molar-refractivity contribution in [3.05, 3.63) is 11.8 Å².